The predicted octanol–water partition coefficient (Wildman–Crippen LogP) is -1.11. The standard InChI is InChI=1S/C14H19ClN3O3S.ClH/c1-12-4-5-13(10-14(12)15)18(19)22(20,21)9-3-6-17-8-7-16(2)11-17;/h4-5,7-8,10-11,19H,3,6,9H2,1-2H3;1H/q+1;/p-1. The van der Waals surface area contributed by atoms with Crippen LogP contribution in [-0.4, -0.2) is 23.9 Å². The second-order valence-corrected chi connectivity index (χ2v) is 7.49. The van der Waals surface area contributed by atoms with E-state index in [2.05, 4.69) is 0 Å². The first-order valence-electron chi connectivity index (χ1n) is 6.78. The van der Waals surface area contributed by atoms with Crippen molar-refractivity contribution in [3.63, 3.8) is 0 Å². The minimum absolute atomic E-state index is 0. The lowest BCUT2D eigenvalue weighted by Crippen LogP contribution is -3.00. The van der Waals surface area contributed by atoms with Gasteiger partial charge in [-0.05, 0) is 24.6 Å². The Morgan fingerprint density at radius 1 is 1.39 bits per heavy atom. The average Bonchev–Trinajstić information content (AvgIpc) is 2.86. The highest BCUT2D eigenvalue weighted by Gasteiger charge is 2.21. The molecule has 0 fully saturated rings. The Bertz CT molecular complexity index is 762. The molecule has 0 aliphatic heterocycles. The van der Waals surface area contributed by atoms with Gasteiger partial charge in [-0.25, -0.2) is 17.6 Å². The summed E-state index contributed by atoms with van der Waals surface area (Å²) in [5.41, 5.74) is 0.958. The van der Waals surface area contributed by atoms with E-state index in [4.69, 9.17) is 11.6 Å². The molecule has 0 aliphatic carbocycles. The molecule has 0 bridgehead atoms. The van der Waals surface area contributed by atoms with Crippen molar-refractivity contribution in [2.75, 3.05) is 10.2 Å². The molecule has 0 atom stereocenters. The summed E-state index contributed by atoms with van der Waals surface area (Å²) in [4.78, 5) is 0. The number of sulfonamides is 1. The summed E-state index contributed by atoms with van der Waals surface area (Å²) in [7, 11) is -1.90. The van der Waals surface area contributed by atoms with Gasteiger partial charge in [0.2, 0.25) is 6.33 Å². The fourth-order valence-corrected chi connectivity index (χ4v) is 3.29. The Morgan fingerprint density at radius 2 is 2.09 bits per heavy atom. The summed E-state index contributed by atoms with van der Waals surface area (Å²) in [6.07, 6.45) is 6.00. The zero-order valence-corrected chi connectivity index (χ0v) is 15.2. The highest BCUT2D eigenvalue weighted by Crippen LogP contribution is 2.24. The van der Waals surface area contributed by atoms with Crippen molar-refractivity contribution in [3.05, 3.63) is 47.5 Å². The molecule has 1 aromatic heterocycles. The van der Waals surface area contributed by atoms with Gasteiger partial charge in [-0.15, -0.1) is 4.47 Å². The van der Waals surface area contributed by atoms with Crippen LogP contribution in [0.5, 0.6) is 0 Å². The lowest BCUT2D eigenvalue weighted by atomic mass is 10.2. The molecule has 1 heterocycles. The number of hydrogen-bond acceptors (Lipinski definition) is 3. The Labute approximate surface area is 147 Å². The first-order valence-corrected chi connectivity index (χ1v) is 8.77. The van der Waals surface area contributed by atoms with Crippen molar-refractivity contribution in [3.8, 4) is 0 Å². The molecule has 0 radical (unpaired) electrons. The Kier molecular flexibility index (Phi) is 6.88. The number of rotatable bonds is 6. The van der Waals surface area contributed by atoms with Crippen molar-refractivity contribution < 1.29 is 30.6 Å². The minimum Gasteiger partial charge on any atom is -1.00 e. The van der Waals surface area contributed by atoms with E-state index in [1.807, 2.05) is 34.9 Å². The maximum absolute atomic E-state index is 12.1. The van der Waals surface area contributed by atoms with Crippen LogP contribution in [0.3, 0.4) is 0 Å². The topological polar surface area (TPSA) is 66.4 Å². The third kappa shape index (κ3) is 5.10. The van der Waals surface area contributed by atoms with Gasteiger partial charge >= 0.3 is 0 Å². The van der Waals surface area contributed by atoms with E-state index in [0.717, 1.165) is 5.56 Å². The van der Waals surface area contributed by atoms with Gasteiger partial charge in [-0.2, -0.15) is 0 Å². The van der Waals surface area contributed by atoms with E-state index >= 15 is 0 Å². The van der Waals surface area contributed by atoms with Crippen molar-refractivity contribution in [2.45, 2.75) is 19.9 Å². The molecular formula is C14H19Cl2N3O3S. The number of anilines is 1. The van der Waals surface area contributed by atoms with E-state index in [9.17, 15) is 13.6 Å². The molecule has 1 aromatic carbocycles. The number of nitrogens with zero attached hydrogens (tertiary/aromatic N) is 3. The predicted molar refractivity (Wildman–Crippen MR) is 84.5 cm³/mol. The third-order valence-corrected chi connectivity index (χ3v) is 5.23. The van der Waals surface area contributed by atoms with Crippen LogP contribution in [0.25, 0.3) is 0 Å². The summed E-state index contributed by atoms with van der Waals surface area (Å²) in [5, 5.41) is 10.3. The van der Waals surface area contributed by atoms with Crippen LogP contribution < -0.4 is 21.4 Å². The van der Waals surface area contributed by atoms with Crippen LogP contribution >= 0.6 is 11.6 Å². The molecule has 0 amide bonds. The first kappa shape index (κ1) is 19.8. The van der Waals surface area contributed by atoms with Crippen LogP contribution in [0.15, 0.2) is 36.9 Å². The van der Waals surface area contributed by atoms with Crippen molar-refractivity contribution >= 4 is 27.3 Å². The van der Waals surface area contributed by atoms with Crippen LogP contribution in [0.4, 0.5) is 5.69 Å². The van der Waals surface area contributed by atoms with Crippen LogP contribution in [-0.2, 0) is 23.6 Å². The molecule has 128 valence electrons. The Hall–Kier alpha value is -1.28. The number of imidazole rings is 1. The summed E-state index contributed by atoms with van der Waals surface area (Å²) in [5.74, 6) is -0.156. The van der Waals surface area contributed by atoms with Crippen molar-refractivity contribution in [2.24, 2.45) is 7.05 Å². The van der Waals surface area contributed by atoms with Gasteiger partial charge in [0, 0.05) is 11.4 Å². The van der Waals surface area contributed by atoms with Gasteiger partial charge in [0.15, 0.2) is 0 Å². The first-order chi connectivity index (χ1) is 10.3. The highest BCUT2D eigenvalue weighted by atomic mass is 35.5. The van der Waals surface area contributed by atoms with Gasteiger partial charge in [-0.3, -0.25) is 5.21 Å². The summed E-state index contributed by atoms with van der Waals surface area (Å²) < 4.78 is 28.3. The lowest BCUT2D eigenvalue weighted by Gasteiger charge is -2.17. The lowest BCUT2D eigenvalue weighted by molar-refractivity contribution is -0.671. The van der Waals surface area contributed by atoms with E-state index in [1.165, 1.54) is 12.1 Å². The van der Waals surface area contributed by atoms with Crippen LogP contribution in [0.1, 0.15) is 12.0 Å². The largest absolute Gasteiger partial charge is 1.00 e. The van der Waals surface area contributed by atoms with E-state index in [-0.39, 0.29) is 23.8 Å². The maximum Gasteiger partial charge on any atom is 0.257 e. The van der Waals surface area contributed by atoms with Gasteiger partial charge in [0.25, 0.3) is 10.0 Å². The normalized spacial score (nSPS) is 11.1. The quantitative estimate of drug-likeness (QED) is 0.511. The molecule has 2 aromatic rings. The molecule has 0 aliphatic rings. The maximum atomic E-state index is 12.1. The molecule has 0 spiro atoms. The fourth-order valence-electron chi connectivity index (χ4n) is 2.01. The van der Waals surface area contributed by atoms with Crippen molar-refractivity contribution in [1.29, 1.82) is 0 Å². The zero-order valence-electron chi connectivity index (χ0n) is 12.9. The minimum atomic E-state index is -3.80. The van der Waals surface area contributed by atoms with E-state index < -0.39 is 10.0 Å². The fraction of sp³-hybridized carbons (Fsp3) is 0.357. The van der Waals surface area contributed by atoms with Gasteiger partial charge in [0.1, 0.15) is 12.4 Å². The Morgan fingerprint density at radius 3 is 2.65 bits per heavy atom. The van der Waals surface area contributed by atoms with Gasteiger partial charge in [0.05, 0.1) is 25.0 Å². The van der Waals surface area contributed by atoms with Crippen molar-refractivity contribution in [1.82, 2.24) is 4.57 Å². The van der Waals surface area contributed by atoms with Crippen LogP contribution in [0.2, 0.25) is 5.02 Å². The van der Waals surface area contributed by atoms with Gasteiger partial charge in [-0.1, -0.05) is 17.7 Å². The highest BCUT2D eigenvalue weighted by molar-refractivity contribution is 7.92. The second kappa shape index (κ2) is 8.01. The molecule has 0 unspecified atom stereocenters. The van der Waals surface area contributed by atoms with E-state index in [0.29, 0.717) is 22.5 Å². The number of aromatic nitrogens is 2. The second-order valence-electron chi connectivity index (χ2n) is 5.16. The molecule has 23 heavy (non-hydrogen) atoms. The summed E-state index contributed by atoms with van der Waals surface area (Å²) in [6, 6.07) is 4.61. The summed E-state index contributed by atoms with van der Waals surface area (Å²) >= 11 is 5.96. The van der Waals surface area contributed by atoms with Crippen LogP contribution in [0, 0.1) is 6.92 Å². The number of halogens is 2. The monoisotopic (exact) mass is 379 g/mol. The number of aryl methyl sites for hydroxylation is 3. The molecule has 2 rings (SSSR count). The Balaban J connectivity index is 0.00000264. The smallest absolute Gasteiger partial charge is 0.257 e. The molecule has 9 heteroatoms. The molecular weight excluding hydrogens is 361 g/mol. The number of hydrogen-bond donors (Lipinski definition) is 1. The molecule has 1 N–H and O–H groups in total. The molecule has 0 saturated heterocycles. The SMILES string of the molecule is Cc1ccc(N(O)S(=O)(=O)CCCn2cc[n+](C)c2)cc1Cl.[Cl-]. The molecule has 0 saturated carbocycles. The average molecular weight is 380 g/mol. The zero-order chi connectivity index (χ0) is 16.3. The third-order valence-electron chi connectivity index (χ3n) is 3.28. The molecule has 6 nitrogen and oxygen atoms in total. The summed E-state index contributed by atoms with van der Waals surface area (Å²) in [6.45, 7) is 2.36. The van der Waals surface area contributed by atoms with E-state index in [1.54, 1.807) is 13.0 Å². The number of benzene rings is 1. The van der Waals surface area contributed by atoms with Gasteiger partial charge < -0.3 is 12.4 Å².